The van der Waals surface area contributed by atoms with Crippen LogP contribution in [0.4, 0.5) is 0 Å². The average Bonchev–Trinajstić information content (AvgIpc) is 1.82. The maximum atomic E-state index is 6.97. The molecule has 0 aliphatic carbocycles. The molecule has 0 saturated heterocycles. The van der Waals surface area contributed by atoms with Crippen LogP contribution in [0.1, 0.15) is 13.8 Å². The first-order chi connectivity index (χ1) is 4.20. The van der Waals surface area contributed by atoms with E-state index in [1.54, 1.807) is 0 Å². The summed E-state index contributed by atoms with van der Waals surface area (Å²) in [6, 6.07) is 0. The molecule has 0 amide bonds. The number of likely N-dealkylation sites (N-methyl/N-ethyl adjacent to an activating group) is 1. The largest absolute Gasteiger partial charge is 0.387 e. The second-order valence-electron chi connectivity index (χ2n) is 1.99. The molecule has 0 saturated carbocycles. The number of nitrogens with two attached hydrogens (primary N) is 1. The van der Waals surface area contributed by atoms with Crippen LogP contribution in [0.2, 0.25) is 0 Å². The summed E-state index contributed by atoms with van der Waals surface area (Å²) in [7, 11) is 0. The normalized spacial score (nSPS) is 10.1. The van der Waals surface area contributed by atoms with Crippen molar-refractivity contribution in [3.8, 4) is 0 Å². The van der Waals surface area contributed by atoms with Gasteiger partial charge in [-0.05, 0) is 13.1 Å². The lowest BCUT2D eigenvalue weighted by Gasteiger charge is -2.15. The maximum Gasteiger partial charge on any atom is 0.105 e. The van der Waals surface area contributed by atoms with E-state index in [2.05, 4.69) is 18.7 Å². The SMILES string of the molecule is CCN(CC)CC(=N)N. The number of hydrogen-bond acceptors (Lipinski definition) is 2. The highest BCUT2D eigenvalue weighted by Gasteiger charge is 1.97. The van der Waals surface area contributed by atoms with E-state index in [1.165, 1.54) is 0 Å². The molecule has 0 atom stereocenters. The van der Waals surface area contributed by atoms with E-state index in [0.717, 1.165) is 13.1 Å². The van der Waals surface area contributed by atoms with Crippen molar-refractivity contribution in [2.45, 2.75) is 13.8 Å². The molecule has 0 radical (unpaired) electrons. The zero-order valence-electron chi connectivity index (χ0n) is 6.15. The molecule has 0 unspecified atom stereocenters. The number of amidine groups is 1. The summed E-state index contributed by atoms with van der Waals surface area (Å²) in [6.45, 7) is 6.66. The van der Waals surface area contributed by atoms with Crippen molar-refractivity contribution in [3.63, 3.8) is 0 Å². The minimum absolute atomic E-state index is 0.249. The number of nitrogens with zero attached hydrogens (tertiary/aromatic N) is 1. The molecule has 0 aliphatic rings. The zero-order valence-corrected chi connectivity index (χ0v) is 6.15. The van der Waals surface area contributed by atoms with Crippen molar-refractivity contribution >= 4 is 5.84 Å². The van der Waals surface area contributed by atoms with Gasteiger partial charge in [-0.15, -0.1) is 0 Å². The highest BCUT2D eigenvalue weighted by molar-refractivity contribution is 5.78. The Hall–Kier alpha value is -0.570. The minimum atomic E-state index is 0.249. The first-order valence-electron chi connectivity index (χ1n) is 3.26. The molecule has 0 rings (SSSR count). The lowest BCUT2D eigenvalue weighted by molar-refractivity contribution is 0.345. The fourth-order valence-electron chi connectivity index (χ4n) is 0.688. The van der Waals surface area contributed by atoms with Crippen LogP contribution in [0, 0.1) is 5.41 Å². The Balaban J connectivity index is 3.43. The zero-order chi connectivity index (χ0) is 7.28. The Bertz CT molecular complexity index is 86.3. The molecule has 0 fully saturated rings. The first kappa shape index (κ1) is 8.43. The molecule has 9 heavy (non-hydrogen) atoms. The molecular formula is C6H15N3. The van der Waals surface area contributed by atoms with Gasteiger partial charge in [0, 0.05) is 0 Å². The number of hydrogen-bond donors (Lipinski definition) is 2. The average molecular weight is 129 g/mol. The molecule has 0 aromatic rings. The quantitative estimate of drug-likeness (QED) is 0.422. The molecule has 0 aromatic carbocycles. The predicted octanol–water partition coefficient (Wildman–Crippen LogP) is 0.264. The van der Waals surface area contributed by atoms with E-state index in [4.69, 9.17) is 11.1 Å². The van der Waals surface area contributed by atoms with Crippen molar-refractivity contribution in [1.82, 2.24) is 4.90 Å². The Kier molecular flexibility index (Phi) is 4.05. The summed E-state index contributed by atoms with van der Waals surface area (Å²) in [5.41, 5.74) is 5.19. The van der Waals surface area contributed by atoms with Gasteiger partial charge in [-0.25, -0.2) is 0 Å². The highest BCUT2D eigenvalue weighted by atomic mass is 15.1. The van der Waals surface area contributed by atoms with Crippen LogP contribution in [-0.4, -0.2) is 30.4 Å². The molecule has 3 heteroatoms. The van der Waals surface area contributed by atoms with Gasteiger partial charge in [0.1, 0.15) is 5.84 Å². The van der Waals surface area contributed by atoms with E-state index in [-0.39, 0.29) is 5.84 Å². The van der Waals surface area contributed by atoms with E-state index >= 15 is 0 Å². The van der Waals surface area contributed by atoms with Gasteiger partial charge >= 0.3 is 0 Å². The molecule has 54 valence electrons. The second-order valence-corrected chi connectivity index (χ2v) is 1.99. The summed E-state index contributed by atoms with van der Waals surface area (Å²) in [6.07, 6.45) is 0. The lowest BCUT2D eigenvalue weighted by Crippen LogP contribution is -2.32. The molecule has 0 aliphatic heterocycles. The van der Waals surface area contributed by atoms with Gasteiger partial charge in [0.05, 0.1) is 6.54 Å². The van der Waals surface area contributed by atoms with E-state index in [0.29, 0.717) is 6.54 Å². The molecule has 3 nitrogen and oxygen atoms in total. The van der Waals surface area contributed by atoms with Gasteiger partial charge in [0.15, 0.2) is 0 Å². The fourth-order valence-corrected chi connectivity index (χ4v) is 0.688. The summed E-state index contributed by atoms with van der Waals surface area (Å²) in [4.78, 5) is 2.10. The highest BCUT2D eigenvalue weighted by Crippen LogP contribution is 1.83. The van der Waals surface area contributed by atoms with Crippen LogP contribution in [0.25, 0.3) is 0 Å². The standard InChI is InChI=1S/C6H15N3/c1-3-9(4-2)5-6(7)8/h3-5H2,1-2H3,(H3,7,8). The molecule has 3 N–H and O–H groups in total. The molecule has 0 aromatic heterocycles. The first-order valence-corrected chi connectivity index (χ1v) is 3.26. The second kappa shape index (κ2) is 4.32. The van der Waals surface area contributed by atoms with Crippen molar-refractivity contribution in [2.24, 2.45) is 5.73 Å². The van der Waals surface area contributed by atoms with E-state index in [1.807, 2.05) is 0 Å². The monoisotopic (exact) mass is 129 g/mol. The van der Waals surface area contributed by atoms with Gasteiger partial charge in [0.25, 0.3) is 0 Å². The van der Waals surface area contributed by atoms with Gasteiger partial charge in [-0.3, -0.25) is 10.3 Å². The van der Waals surface area contributed by atoms with Gasteiger partial charge in [-0.2, -0.15) is 0 Å². The fraction of sp³-hybridized carbons (Fsp3) is 0.833. The minimum Gasteiger partial charge on any atom is -0.387 e. The summed E-state index contributed by atoms with van der Waals surface area (Å²) >= 11 is 0. The summed E-state index contributed by atoms with van der Waals surface area (Å²) in [5, 5.41) is 6.97. The van der Waals surface area contributed by atoms with Crippen molar-refractivity contribution in [3.05, 3.63) is 0 Å². The van der Waals surface area contributed by atoms with Crippen LogP contribution < -0.4 is 5.73 Å². The van der Waals surface area contributed by atoms with E-state index in [9.17, 15) is 0 Å². The molecule has 0 heterocycles. The number of rotatable bonds is 4. The van der Waals surface area contributed by atoms with Gasteiger partial charge in [-0.1, -0.05) is 13.8 Å². The van der Waals surface area contributed by atoms with Crippen LogP contribution in [0.3, 0.4) is 0 Å². The predicted molar refractivity (Wildman–Crippen MR) is 39.7 cm³/mol. The smallest absolute Gasteiger partial charge is 0.105 e. The maximum absolute atomic E-state index is 6.97. The van der Waals surface area contributed by atoms with Crippen molar-refractivity contribution in [1.29, 1.82) is 5.41 Å². The lowest BCUT2D eigenvalue weighted by atomic mass is 10.4. The molecular weight excluding hydrogens is 114 g/mol. The van der Waals surface area contributed by atoms with Crippen molar-refractivity contribution in [2.75, 3.05) is 19.6 Å². The third-order valence-corrected chi connectivity index (χ3v) is 1.29. The Labute approximate surface area is 56.3 Å². The van der Waals surface area contributed by atoms with Crippen LogP contribution in [-0.2, 0) is 0 Å². The Morgan fingerprint density at radius 1 is 1.44 bits per heavy atom. The van der Waals surface area contributed by atoms with Gasteiger partial charge < -0.3 is 5.73 Å². The van der Waals surface area contributed by atoms with Crippen molar-refractivity contribution < 1.29 is 0 Å². The molecule has 0 spiro atoms. The Morgan fingerprint density at radius 3 is 2.00 bits per heavy atom. The molecule has 0 bridgehead atoms. The van der Waals surface area contributed by atoms with E-state index < -0.39 is 0 Å². The Morgan fingerprint density at radius 2 is 1.89 bits per heavy atom. The summed E-state index contributed by atoms with van der Waals surface area (Å²) < 4.78 is 0. The summed E-state index contributed by atoms with van der Waals surface area (Å²) in [5.74, 6) is 0.249. The van der Waals surface area contributed by atoms with Crippen LogP contribution in [0.5, 0.6) is 0 Å². The van der Waals surface area contributed by atoms with Crippen LogP contribution in [0.15, 0.2) is 0 Å². The third-order valence-electron chi connectivity index (χ3n) is 1.29. The number of nitrogens with one attached hydrogen (secondary N) is 1. The van der Waals surface area contributed by atoms with Crippen LogP contribution >= 0.6 is 0 Å². The topological polar surface area (TPSA) is 53.1 Å². The third kappa shape index (κ3) is 3.97. The van der Waals surface area contributed by atoms with Gasteiger partial charge in [0.2, 0.25) is 0 Å².